The molecule has 0 bridgehead atoms. The van der Waals surface area contributed by atoms with Crippen molar-refractivity contribution in [1.29, 1.82) is 0 Å². The molecule has 1 aromatic heterocycles. The van der Waals surface area contributed by atoms with E-state index in [1.165, 1.54) is 0 Å². The van der Waals surface area contributed by atoms with Crippen molar-refractivity contribution in [2.45, 2.75) is 0 Å². The molecule has 0 saturated carbocycles. The van der Waals surface area contributed by atoms with Gasteiger partial charge < -0.3 is 14.9 Å². The number of nitrogens with zero attached hydrogens (tertiary/aromatic N) is 1. The van der Waals surface area contributed by atoms with Gasteiger partial charge in [-0.1, -0.05) is 16.8 Å². The highest BCUT2D eigenvalue weighted by molar-refractivity contribution is 14.1. The summed E-state index contributed by atoms with van der Waals surface area (Å²) in [5, 5.41) is 15.2. The van der Waals surface area contributed by atoms with E-state index in [4.69, 9.17) is 16.7 Å². The molecule has 6 nitrogen and oxygen atoms in total. The van der Waals surface area contributed by atoms with Gasteiger partial charge in [-0.3, -0.25) is 4.79 Å². The Labute approximate surface area is 125 Å². The molecule has 1 aromatic carbocycles. The number of carboxylic acids is 1. The third-order valence-electron chi connectivity index (χ3n) is 2.13. The van der Waals surface area contributed by atoms with Crippen LogP contribution >= 0.6 is 34.2 Å². The van der Waals surface area contributed by atoms with Crippen molar-refractivity contribution >= 4 is 51.8 Å². The lowest BCUT2D eigenvalue weighted by Gasteiger charge is -2.05. The Balaban J connectivity index is 2.18. The van der Waals surface area contributed by atoms with Crippen LogP contribution in [0, 0.1) is 3.57 Å². The molecular formula is C11H6ClIN2O4. The Bertz CT molecular complexity index is 656. The summed E-state index contributed by atoms with van der Waals surface area (Å²) in [4.78, 5) is 22.4. The molecule has 0 saturated heterocycles. The van der Waals surface area contributed by atoms with Gasteiger partial charge in [0.15, 0.2) is 5.69 Å². The largest absolute Gasteiger partial charge is 0.475 e. The van der Waals surface area contributed by atoms with Crippen LogP contribution in [0.5, 0.6) is 0 Å². The summed E-state index contributed by atoms with van der Waals surface area (Å²) in [7, 11) is 0. The third-order valence-corrected chi connectivity index (χ3v) is 3.26. The van der Waals surface area contributed by atoms with E-state index in [1.807, 2.05) is 22.6 Å². The first-order valence-electron chi connectivity index (χ1n) is 4.94. The van der Waals surface area contributed by atoms with Crippen LogP contribution in [0.1, 0.15) is 21.0 Å². The Morgan fingerprint density at radius 1 is 1.37 bits per heavy atom. The predicted molar refractivity (Wildman–Crippen MR) is 75.6 cm³/mol. The summed E-state index contributed by atoms with van der Waals surface area (Å²) in [6.45, 7) is 0. The maximum Gasteiger partial charge on any atom is 0.374 e. The Morgan fingerprint density at radius 3 is 2.68 bits per heavy atom. The number of aromatic nitrogens is 1. The summed E-state index contributed by atoms with van der Waals surface area (Å²) in [6.07, 6.45) is 0. The number of carbonyl (C=O) groups excluding carboxylic acids is 1. The van der Waals surface area contributed by atoms with E-state index in [9.17, 15) is 9.59 Å². The van der Waals surface area contributed by atoms with Crippen molar-refractivity contribution in [3.63, 3.8) is 0 Å². The highest BCUT2D eigenvalue weighted by atomic mass is 127. The van der Waals surface area contributed by atoms with Gasteiger partial charge in [0.25, 0.3) is 5.91 Å². The molecule has 0 radical (unpaired) electrons. The number of benzene rings is 1. The van der Waals surface area contributed by atoms with Crippen molar-refractivity contribution in [3.8, 4) is 0 Å². The van der Waals surface area contributed by atoms with Gasteiger partial charge in [-0.15, -0.1) is 0 Å². The van der Waals surface area contributed by atoms with Gasteiger partial charge >= 0.3 is 5.97 Å². The van der Waals surface area contributed by atoms with Crippen molar-refractivity contribution in [1.82, 2.24) is 5.16 Å². The molecule has 0 aliphatic heterocycles. The monoisotopic (exact) mass is 392 g/mol. The minimum Gasteiger partial charge on any atom is -0.475 e. The fourth-order valence-corrected chi connectivity index (χ4v) is 2.27. The van der Waals surface area contributed by atoms with E-state index in [0.29, 0.717) is 10.7 Å². The first-order valence-corrected chi connectivity index (χ1v) is 6.39. The minimum absolute atomic E-state index is 0.108. The first kappa shape index (κ1) is 13.8. The number of amides is 1. The van der Waals surface area contributed by atoms with Crippen LogP contribution in [0.4, 0.5) is 5.69 Å². The molecule has 98 valence electrons. The normalized spacial score (nSPS) is 10.2. The predicted octanol–water partition coefficient (Wildman–Crippen LogP) is 2.88. The molecule has 0 atom stereocenters. The van der Waals surface area contributed by atoms with Crippen LogP contribution < -0.4 is 5.32 Å². The SMILES string of the molecule is O=C(Nc1ccc(Cl)cc1I)c1cc(C(=O)O)on1. The number of nitrogens with one attached hydrogen (secondary N) is 1. The van der Waals surface area contributed by atoms with Gasteiger partial charge in [0.05, 0.1) is 5.69 Å². The standard InChI is InChI=1S/C11H6ClIN2O4/c12-5-1-2-7(6(13)3-5)14-10(16)8-4-9(11(17)18)19-15-8/h1-4H,(H,14,16)(H,17,18). The number of rotatable bonds is 3. The van der Waals surface area contributed by atoms with Crippen LogP contribution in [-0.4, -0.2) is 22.1 Å². The summed E-state index contributed by atoms with van der Waals surface area (Å²) in [5.41, 5.74) is 0.443. The Hall–Kier alpha value is -1.61. The summed E-state index contributed by atoms with van der Waals surface area (Å²) in [6, 6.07) is 6.01. The molecule has 0 aliphatic carbocycles. The molecule has 2 rings (SSSR count). The molecule has 0 spiro atoms. The van der Waals surface area contributed by atoms with E-state index >= 15 is 0 Å². The number of anilines is 1. The highest BCUT2D eigenvalue weighted by Gasteiger charge is 2.17. The van der Waals surface area contributed by atoms with Gasteiger partial charge in [-0.25, -0.2) is 4.79 Å². The summed E-state index contributed by atoms with van der Waals surface area (Å²) >= 11 is 7.82. The molecule has 2 N–H and O–H groups in total. The molecule has 0 fully saturated rings. The average molecular weight is 393 g/mol. The van der Waals surface area contributed by atoms with Crippen molar-refractivity contribution in [3.05, 3.63) is 44.3 Å². The summed E-state index contributed by atoms with van der Waals surface area (Å²) < 4.78 is 5.25. The quantitative estimate of drug-likeness (QED) is 0.784. The second-order valence-corrected chi connectivity index (χ2v) is 5.06. The number of hydrogen-bond acceptors (Lipinski definition) is 4. The van der Waals surface area contributed by atoms with Crippen LogP contribution in [0.3, 0.4) is 0 Å². The van der Waals surface area contributed by atoms with Gasteiger partial charge in [0, 0.05) is 14.7 Å². The van der Waals surface area contributed by atoms with Crippen LogP contribution in [-0.2, 0) is 0 Å². The number of aromatic carboxylic acids is 1. The lowest BCUT2D eigenvalue weighted by molar-refractivity contribution is 0.0651. The first-order chi connectivity index (χ1) is 8.97. The van der Waals surface area contributed by atoms with Crippen molar-refractivity contribution < 1.29 is 19.2 Å². The third kappa shape index (κ3) is 3.24. The van der Waals surface area contributed by atoms with Crippen LogP contribution in [0.15, 0.2) is 28.8 Å². The van der Waals surface area contributed by atoms with E-state index in [0.717, 1.165) is 9.64 Å². The van der Waals surface area contributed by atoms with E-state index < -0.39 is 17.6 Å². The Kier molecular flexibility index (Phi) is 4.05. The van der Waals surface area contributed by atoms with E-state index in [2.05, 4.69) is 15.0 Å². The van der Waals surface area contributed by atoms with Gasteiger partial charge in [-0.2, -0.15) is 0 Å². The van der Waals surface area contributed by atoms with Crippen LogP contribution in [0.25, 0.3) is 0 Å². The van der Waals surface area contributed by atoms with E-state index in [1.54, 1.807) is 18.2 Å². The zero-order valence-corrected chi connectivity index (χ0v) is 12.1. The number of carbonyl (C=O) groups is 2. The number of halogens is 2. The molecular weight excluding hydrogens is 386 g/mol. The second kappa shape index (κ2) is 5.57. The fraction of sp³-hybridized carbons (Fsp3) is 0. The summed E-state index contributed by atoms with van der Waals surface area (Å²) in [5.74, 6) is -2.24. The average Bonchev–Trinajstić information content (AvgIpc) is 2.82. The fourth-order valence-electron chi connectivity index (χ4n) is 1.26. The molecule has 0 unspecified atom stereocenters. The second-order valence-electron chi connectivity index (χ2n) is 3.46. The lowest BCUT2D eigenvalue weighted by atomic mass is 10.3. The number of hydrogen-bond donors (Lipinski definition) is 2. The topological polar surface area (TPSA) is 92.4 Å². The molecule has 0 aliphatic rings. The van der Waals surface area contributed by atoms with E-state index in [-0.39, 0.29) is 5.69 Å². The van der Waals surface area contributed by atoms with Gasteiger partial charge in [0.1, 0.15) is 0 Å². The lowest BCUT2D eigenvalue weighted by Crippen LogP contribution is -2.13. The number of carboxylic acid groups (broad SMARTS) is 1. The van der Waals surface area contributed by atoms with Crippen molar-refractivity contribution in [2.24, 2.45) is 0 Å². The molecule has 2 aromatic rings. The molecule has 1 amide bonds. The van der Waals surface area contributed by atoms with Crippen LogP contribution in [0.2, 0.25) is 5.02 Å². The van der Waals surface area contributed by atoms with Crippen molar-refractivity contribution in [2.75, 3.05) is 5.32 Å². The van der Waals surface area contributed by atoms with Gasteiger partial charge in [0.2, 0.25) is 5.76 Å². The zero-order valence-electron chi connectivity index (χ0n) is 9.18. The minimum atomic E-state index is -1.28. The smallest absolute Gasteiger partial charge is 0.374 e. The molecule has 19 heavy (non-hydrogen) atoms. The maximum absolute atomic E-state index is 11.8. The van der Waals surface area contributed by atoms with Gasteiger partial charge in [-0.05, 0) is 40.8 Å². The molecule has 1 heterocycles. The maximum atomic E-state index is 11.8. The highest BCUT2D eigenvalue weighted by Crippen LogP contribution is 2.22. The molecule has 8 heteroatoms. The zero-order chi connectivity index (χ0) is 14.0. The Morgan fingerprint density at radius 2 is 2.11 bits per heavy atom.